The van der Waals surface area contributed by atoms with Crippen molar-refractivity contribution in [1.29, 1.82) is 0 Å². The number of carbonyl (C=O) groups is 1. The minimum Gasteiger partial charge on any atom is -0.445 e. The molecule has 1 unspecified atom stereocenters. The standard InChI is InChI=1S/C23H25ClN2O2/c1-2-22(12-11-19-9-6-10-21(24)17-19)25-13-15-26(16-14-25)23(27)28-18-20-7-4-3-5-8-20/h3-10,17,22H,2,13-16,18H2,1H3. The van der Waals surface area contributed by atoms with Gasteiger partial charge in [-0.3, -0.25) is 4.90 Å². The van der Waals surface area contributed by atoms with Gasteiger partial charge in [0, 0.05) is 36.8 Å². The van der Waals surface area contributed by atoms with E-state index < -0.39 is 0 Å². The van der Waals surface area contributed by atoms with Crippen LogP contribution in [0.5, 0.6) is 0 Å². The van der Waals surface area contributed by atoms with Crippen LogP contribution in [0.15, 0.2) is 54.6 Å². The van der Waals surface area contributed by atoms with Crippen LogP contribution in [0.4, 0.5) is 4.79 Å². The molecule has 28 heavy (non-hydrogen) atoms. The van der Waals surface area contributed by atoms with Crippen LogP contribution in [-0.2, 0) is 11.3 Å². The fourth-order valence-corrected chi connectivity index (χ4v) is 3.40. The Morgan fingerprint density at radius 1 is 1.11 bits per heavy atom. The lowest BCUT2D eigenvalue weighted by Gasteiger charge is -2.36. The number of piperazine rings is 1. The lowest BCUT2D eigenvalue weighted by Crippen LogP contribution is -2.51. The highest BCUT2D eigenvalue weighted by molar-refractivity contribution is 6.30. The quantitative estimate of drug-likeness (QED) is 0.717. The number of nitrogens with zero attached hydrogens (tertiary/aromatic N) is 2. The van der Waals surface area contributed by atoms with Gasteiger partial charge in [-0.25, -0.2) is 4.79 Å². The molecule has 1 aliphatic rings. The number of ether oxygens (including phenoxy) is 1. The number of hydrogen-bond acceptors (Lipinski definition) is 3. The molecule has 2 aromatic rings. The summed E-state index contributed by atoms with van der Waals surface area (Å²) in [4.78, 5) is 16.4. The van der Waals surface area contributed by atoms with Crippen LogP contribution in [0.25, 0.3) is 0 Å². The van der Waals surface area contributed by atoms with Crippen molar-refractivity contribution in [3.8, 4) is 11.8 Å². The van der Waals surface area contributed by atoms with Gasteiger partial charge in [0.25, 0.3) is 0 Å². The van der Waals surface area contributed by atoms with Gasteiger partial charge in [0.1, 0.15) is 6.61 Å². The predicted octanol–water partition coefficient (Wildman–Crippen LogP) is 4.42. The largest absolute Gasteiger partial charge is 0.445 e. The highest BCUT2D eigenvalue weighted by atomic mass is 35.5. The molecule has 5 heteroatoms. The Kier molecular flexibility index (Phi) is 7.36. The molecule has 0 aromatic heterocycles. The zero-order valence-electron chi connectivity index (χ0n) is 16.1. The molecular formula is C23H25ClN2O2. The second kappa shape index (κ2) is 10.2. The number of benzene rings is 2. The first-order valence-corrected chi connectivity index (χ1v) is 10.0. The third-order valence-corrected chi connectivity index (χ3v) is 5.05. The molecule has 1 aliphatic heterocycles. The van der Waals surface area contributed by atoms with Crippen molar-refractivity contribution in [2.75, 3.05) is 26.2 Å². The summed E-state index contributed by atoms with van der Waals surface area (Å²) < 4.78 is 5.43. The van der Waals surface area contributed by atoms with E-state index in [1.807, 2.05) is 54.6 Å². The maximum Gasteiger partial charge on any atom is 0.410 e. The molecule has 0 spiro atoms. The van der Waals surface area contributed by atoms with Crippen LogP contribution >= 0.6 is 11.6 Å². The van der Waals surface area contributed by atoms with Crippen LogP contribution in [0.1, 0.15) is 24.5 Å². The van der Waals surface area contributed by atoms with E-state index in [4.69, 9.17) is 16.3 Å². The molecule has 146 valence electrons. The molecule has 4 nitrogen and oxygen atoms in total. The third kappa shape index (κ3) is 5.76. The molecule has 0 saturated carbocycles. The molecule has 2 aromatic carbocycles. The van der Waals surface area contributed by atoms with Gasteiger partial charge in [-0.1, -0.05) is 66.8 Å². The average molecular weight is 397 g/mol. The van der Waals surface area contributed by atoms with E-state index in [0.717, 1.165) is 30.6 Å². The summed E-state index contributed by atoms with van der Waals surface area (Å²) in [5.74, 6) is 6.58. The van der Waals surface area contributed by atoms with E-state index in [-0.39, 0.29) is 12.1 Å². The van der Waals surface area contributed by atoms with Crippen molar-refractivity contribution >= 4 is 17.7 Å². The van der Waals surface area contributed by atoms with E-state index in [0.29, 0.717) is 24.7 Å². The lowest BCUT2D eigenvalue weighted by molar-refractivity contribution is 0.0659. The molecule has 3 rings (SSSR count). The fraction of sp³-hybridized carbons (Fsp3) is 0.348. The van der Waals surface area contributed by atoms with Crippen LogP contribution < -0.4 is 0 Å². The first-order chi connectivity index (χ1) is 13.7. The highest BCUT2D eigenvalue weighted by Gasteiger charge is 2.25. The minimum absolute atomic E-state index is 0.168. The summed E-state index contributed by atoms with van der Waals surface area (Å²) in [5.41, 5.74) is 1.92. The third-order valence-electron chi connectivity index (χ3n) is 4.81. The molecule has 1 amide bonds. The van der Waals surface area contributed by atoms with Gasteiger partial charge in [-0.05, 0) is 30.2 Å². The smallest absolute Gasteiger partial charge is 0.410 e. The van der Waals surface area contributed by atoms with Crippen molar-refractivity contribution in [3.05, 3.63) is 70.7 Å². The van der Waals surface area contributed by atoms with Gasteiger partial charge in [0.2, 0.25) is 0 Å². The van der Waals surface area contributed by atoms with E-state index in [9.17, 15) is 4.79 Å². The van der Waals surface area contributed by atoms with Crippen LogP contribution in [0.2, 0.25) is 5.02 Å². The number of hydrogen-bond donors (Lipinski definition) is 0. The van der Waals surface area contributed by atoms with Gasteiger partial charge in [-0.2, -0.15) is 0 Å². The van der Waals surface area contributed by atoms with Gasteiger partial charge in [-0.15, -0.1) is 0 Å². The monoisotopic (exact) mass is 396 g/mol. The number of rotatable bonds is 4. The van der Waals surface area contributed by atoms with E-state index in [1.165, 1.54) is 0 Å². The molecular weight excluding hydrogens is 372 g/mol. The summed E-state index contributed by atoms with van der Waals surface area (Å²) in [5, 5.41) is 0.697. The topological polar surface area (TPSA) is 32.8 Å². The molecule has 1 atom stereocenters. The Hall–Kier alpha value is -2.48. The van der Waals surface area contributed by atoms with Crippen LogP contribution in [0, 0.1) is 11.8 Å². The molecule has 1 saturated heterocycles. The SMILES string of the molecule is CCC(C#Cc1cccc(Cl)c1)N1CCN(C(=O)OCc2ccccc2)CC1. The summed E-state index contributed by atoms with van der Waals surface area (Å²) >= 11 is 6.03. The van der Waals surface area contributed by atoms with E-state index in [1.54, 1.807) is 4.90 Å². The second-order valence-electron chi connectivity index (χ2n) is 6.77. The molecule has 0 N–H and O–H groups in total. The molecule has 1 fully saturated rings. The molecule has 1 heterocycles. The summed E-state index contributed by atoms with van der Waals surface area (Å²) in [6.45, 7) is 5.35. The van der Waals surface area contributed by atoms with E-state index in [2.05, 4.69) is 23.7 Å². The maximum absolute atomic E-state index is 12.3. The zero-order chi connectivity index (χ0) is 19.8. The normalized spacial score (nSPS) is 15.4. The predicted molar refractivity (Wildman–Crippen MR) is 112 cm³/mol. The van der Waals surface area contributed by atoms with Crippen molar-refractivity contribution < 1.29 is 9.53 Å². The summed E-state index contributed by atoms with van der Waals surface area (Å²) in [6.07, 6.45) is 0.688. The number of halogens is 1. The number of carbonyl (C=O) groups excluding carboxylic acids is 1. The average Bonchev–Trinajstić information content (AvgIpc) is 2.74. The summed E-state index contributed by atoms with van der Waals surface area (Å²) in [6, 6.07) is 17.5. The van der Waals surface area contributed by atoms with Crippen molar-refractivity contribution in [2.45, 2.75) is 26.0 Å². The lowest BCUT2D eigenvalue weighted by atomic mass is 10.1. The van der Waals surface area contributed by atoms with Crippen molar-refractivity contribution in [3.63, 3.8) is 0 Å². The first kappa shape index (κ1) is 20.3. The second-order valence-corrected chi connectivity index (χ2v) is 7.20. The highest BCUT2D eigenvalue weighted by Crippen LogP contribution is 2.13. The minimum atomic E-state index is -0.249. The Labute approximate surface area is 172 Å². The Morgan fingerprint density at radius 2 is 1.86 bits per heavy atom. The molecule has 0 radical (unpaired) electrons. The first-order valence-electron chi connectivity index (χ1n) is 9.62. The maximum atomic E-state index is 12.3. The van der Waals surface area contributed by atoms with Gasteiger partial charge >= 0.3 is 6.09 Å². The van der Waals surface area contributed by atoms with Gasteiger partial charge < -0.3 is 9.64 Å². The molecule has 0 bridgehead atoms. The van der Waals surface area contributed by atoms with E-state index >= 15 is 0 Å². The van der Waals surface area contributed by atoms with Gasteiger partial charge in [0.05, 0.1) is 6.04 Å². The Balaban J connectivity index is 1.50. The fourth-order valence-electron chi connectivity index (χ4n) is 3.21. The van der Waals surface area contributed by atoms with Crippen LogP contribution in [-0.4, -0.2) is 48.1 Å². The van der Waals surface area contributed by atoms with Crippen LogP contribution in [0.3, 0.4) is 0 Å². The number of amides is 1. The van der Waals surface area contributed by atoms with Crippen molar-refractivity contribution in [2.24, 2.45) is 0 Å². The van der Waals surface area contributed by atoms with Gasteiger partial charge in [0.15, 0.2) is 0 Å². The summed E-state index contributed by atoms with van der Waals surface area (Å²) in [7, 11) is 0. The Bertz CT molecular complexity index is 836. The van der Waals surface area contributed by atoms with Crippen molar-refractivity contribution in [1.82, 2.24) is 9.80 Å². The Morgan fingerprint density at radius 3 is 2.54 bits per heavy atom. The zero-order valence-corrected chi connectivity index (χ0v) is 16.9. The molecule has 0 aliphatic carbocycles.